The van der Waals surface area contributed by atoms with E-state index in [2.05, 4.69) is 9.97 Å². The molecule has 53 heavy (non-hydrogen) atoms. The Morgan fingerprint density at radius 2 is 0.906 bits per heavy atom. The molecule has 16 heteroatoms. The fourth-order valence-electron chi connectivity index (χ4n) is 3.90. The van der Waals surface area contributed by atoms with Crippen LogP contribution in [0.2, 0.25) is 0 Å². The lowest BCUT2D eigenvalue weighted by molar-refractivity contribution is -0.135. The van der Waals surface area contributed by atoms with Gasteiger partial charge in [0.05, 0.1) is 45.5 Å². The van der Waals surface area contributed by atoms with Crippen molar-refractivity contribution in [3.05, 3.63) is 102 Å². The molecule has 0 radical (unpaired) electrons. The van der Waals surface area contributed by atoms with E-state index in [0.717, 1.165) is 73.0 Å². The van der Waals surface area contributed by atoms with E-state index in [4.69, 9.17) is 72.3 Å². The molecule has 2 aromatic carbocycles. The van der Waals surface area contributed by atoms with Gasteiger partial charge in [-0.15, -0.1) is 0 Å². The zero-order valence-electron chi connectivity index (χ0n) is 29.6. The number of carbonyl (C=O) groups is 4. The summed E-state index contributed by atoms with van der Waals surface area (Å²) in [5, 5.41) is 29.7. The second-order valence-electron chi connectivity index (χ2n) is 10.6. The van der Waals surface area contributed by atoms with E-state index in [-0.39, 0.29) is 0 Å². The molecule has 3 heterocycles. The van der Waals surface area contributed by atoms with Crippen molar-refractivity contribution in [2.45, 2.75) is 40.8 Å². The van der Waals surface area contributed by atoms with Crippen LogP contribution in [0.3, 0.4) is 0 Å². The Morgan fingerprint density at radius 1 is 0.509 bits per heavy atom. The number of nitrogens with zero attached hydrogens (tertiary/aromatic N) is 3. The second kappa shape index (κ2) is 22.7. The largest absolute Gasteiger partial charge is 0.481 e. The Bertz CT molecular complexity index is 1840. The van der Waals surface area contributed by atoms with Gasteiger partial charge in [0, 0.05) is 46.9 Å². The van der Waals surface area contributed by atoms with Crippen LogP contribution in [0.15, 0.2) is 91.0 Å². The van der Waals surface area contributed by atoms with Crippen LogP contribution in [0.1, 0.15) is 39.1 Å². The van der Waals surface area contributed by atoms with Gasteiger partial charge in [-0.1, -0.05) is 24.3 Å². The number of hydrogen-bond acceptors (Lipinski definition) is 12. The van der Waals surface area contributed by atoms with E-state index >= 15 is 0 Å². The van der Waals surface area contributed by atoms with Crippen LogP contribution in [0, 0.1) is 0 Å². The summed E-state index contributed by atoms with van der Waals surface area (Å²) in [5.41, 5.74) is 30.8. The number of anilines is 2. The molecule has 0 saturated carbocycles. The fourth-order valence-corrected chi connectivity index (χ4v) is 3.90. The third-order valence-electron chi connectivity index (χ3n) is 5.86. The first-order valence-corrected chi connectivity index (χ1v) is 15.5. The van der Waals surface area contributed by atoms with E-state index in [1.165, 1.54) is 0 Å². The molecule has 0 aliphatic heterocycles. The molecule has 5 aromatic rings. The standard InChI is InChI=1S/C29H27N7O.4C2H4O2/c30-16-20-3-1-5-26(34-20)28-13-19(14-29(36-28)27-6-2-4-21(17-31)35-27)18-7-9-22(10-8-18)37-23-11-12-24(32)25(33)15-23;4*1-2(3)4/h1-15H,16-17,30-33H2;4*1H3,(H,3,4). The molecule has 280 valence electrons. The molecular weight excluding hydrogens is 686 g/mol. The highest BCUT2D eigenvalue weighted by molar-refractivity contribution is 5.75. The Balaban J connectivity index is 0.000000744. The van der Waals surface area contributed by atoms with E-state index in [9.17, 15) is 0 Å². The second-order valence-corrected chi connectivity index (χ2v) is 10.6. The average Bonchev–Trinajstić information content (AvgIpc) is 3.09. The molecule has 0 atom stereocenters. The minimum Gasteiger partial charge on any atom is -0.481 e. The first kappa shape index (κ1) is 44.1. The molecular formula is C37H43N7O9. The van der Waals surface area contributed by atoms with Crippen LogP contribution in [-0.2, 0) is 32.3 Å². The topological polar surface area (TPSA) is 301 Å². The smallest absolute Gasteiger partial charge is 0.300 e. The Hall–Kier alpha value is -6.91. The maximum atomic E-state index is 9.00. The van der Waals surface area contributed by atoms with Gasteiger partial charge in [0.1, 0.15) is 11.5 Å². The average molecular weight is 730 g/mol. The molecule has 0 aliphatic rings. The first-order chi connectivity index (χ1) is 24.9. The molecule has 0 fully saturated rings. The number of carboxylic acid groups (broad SMARTS) is 4. The molecule has 0 unspecified atom stereocenters. The van der Waals surface area contributed by atoms with Crippen molar-refractivity contribution < 1.29 is 44.3 Å². The summed E-state index contributed by atoms with van der Waals surface area (Å²) >= 11 is 0. The predicted molar refractivity (Wildman–Crippen MR) is 200 cm³/mol. The quantitative estimate of drug-likeness (QED) is 0.101. The van der Waals surface area contributed by atoms with Gasteiger partial charge in [-0.2, -0.15) is 0 Å². The molecule has 0 aliphatic carbocycles. The van der Waals surface area contributed by atoms with Crippen LogP contribution in [0.4, 0.5) is 11.4 Å². The normalized spacial score (nSPS) is 9.47. The summed E-state index contributed by atoms with van der Waals surface area (Å²) in [6.45, 7) is 5.03. The van der Waals surface area contributed by atoms with Crippen molar-refractivity contribution in [2.24, 2.45) is 11.5 Å². The van der Waals surface area contributed by atoms with Gasteiger partial charge in [0.25, 0.3) is 23.9 Å². The number of pyridine rings is 3. The molecule has 0 spiro atoms. The van der Waals surface area contributed by atoms with Crippen LogP contribution in [0.25, 0.3) is 33.9 Å². The summed E-state index contributed by atoms with van der Waals surface area (Å²) in [4.78, 5) is 50.2. The zero-order valence-corrected chi connectivity index (χ0v) is 29.6. The Morgan fingerprint density at radius 3 is 1.28 bits per heavy atom. The summed E-state index contributed by atoms with van der Waals surface area (Å²) in [5.74, 6) is -2.04. The van der Waals surface area contributed by atoms with Crippen molar-refractivity contribution in [1.82, 2.24) is 15.0 Å². The van der Waals surface area contributed by atoms with E-state index in [1.807, 2.05) is 72.8 Å². The number of hydrogen-bond donors (Lipinski definition) is 8. The number of ether oxygens (including phenoxy) is 1. The predicted octanol–water partition coefficient (Wildman–Crippen LogP) is 5.11. The highest BCUT2D eigenvalue weighted by atomic mass is 16.5. The van der Waals surface area contributed by atoms with Gasteiger partial charge in [-0.3, -0.25) is 19.2 Å². The van der Waals surface area contributed by atoms with Crippen molar-refractivity contribution in [3.8, 4) is 45.4 Å². The minimum atomic E-state index is -0.833. The van der Waals surface area contributed by atoms with Crippen LogP contribution >= 0.6 is 0 Å². The fraction of sp³-hybridized carbons (Fsp3) is 0.162. The monoisotopic (exact) mass is 729 g/mol. The summed E-state index contributed by atoms with van der Waals surface area (Å²) in [6, 6.07) is 28.5. The third-order valence-corrected chi connectivity index (χ3v) is 5.86. The van der Waals surface area contributed by atoms with Gasteiger partial charge in [0.15, 0.2) is 0 Å². The van der Waals surface area contributed by atoms with Crippen LogP contribution < -0.4 is 27.7 Å². The molecule has 0 amide bonds. The van der Waals surface area contributed by atoms with Crippen molar-refractivity contribution in [3.63, 3.8) is 0 Å². The first-order valence-electron chi connectivity index (χ1n) is 15.5. The summed E-state index contributed by atoms with van der Waals surface area (Å²) in [7, 11) is 0. The number of nitrogen functional groups attached to an aromatic ring is 2. The number of aromatic nitrogens is 3. The maximum absolute atomic E-state index is 9.00. The van der Waals surface area contributed by atoms with Gasteiger partial charge in [-0.05, 0) is 71.8 Å². The molecule has 5 rings (SSSR count). The van der Waals surface area contributed by atoms with Crippen molar-refractivity contribution in [2.75, 3.05) is 11.5 Å². The number of benzene rings is 2. The lowest BCUT2D eigenvalue weighted by Crippen LogP contribution is -2.02. The van der Waals surface area contributed by atoms with E-state index in [0.29, 0.717) is 36.0 Å². The van der Waals surface area contributed by atoms with Crippen molar-refractivity contribution in [1.29, 1.82) is 0 Å². The van der Waals surface area contributed by atoms with Crippen LogP contribution in [0.5, 0.6) is 11.5 Å². The third kappa shape index (κ3) is 18.1. The summed E-state index contributed by atoms with van der Waals surface area (Å²) in [6.07, 6.45) is 0. The lowest BCUT2D eigenvalue weighted by atomic mass is 10.0. The lowest BCUT2D eigenvalue weighted by Gasteiger charge is -2.12. The Kier molecular flexibility index (Phi) is 18.9. The van der Waals surface area contributed by atoms with Gasteiger partial charge in [0.2, 0.25) is 0 Å². The molecule has 0 saturated heterocycles. The SMILES string of the molecule is CC(=O)O.CC(=O)O.CC(=O)O.CC(=O)O.NCc1cccc(-c2cc(-c3ccc(Oc4ccc(N)c(N)c4)cc3)cc(-c3cccc(CN)n3)n2)n1. The van der Waals surface area contributed by atoms with Gasteiger partial charge >= 0.3 is 0 Å². The Labute approximate surface area is 305 Å². The summed E-state index contributed by atoms with van der Waals surface area (Å²) < 4.78 is 5.95. The number of aliphatic carboxylic acids is 4. The molecule has 3 aromatic heterocycles. The highest BCUT2D eigenvalue weighted by Gasteiger charge is 2.12. The number of nitrogens with two attached hydrogens (primary N) is 4. The van der Waals surface area contributed by atoms with E-state index in [1.54, 1.807) is 18.2 Å². The molecule has 12 N–H and O–H groups in total. The van der Waals surface area contributed by atoms with Gasteiger partial charge in [-0.25, -0.2) is 15.0 Å². The highest BCUT2D eigenvalue weighted by Crippen LogP contribution is 2.32. The zero-order chi connectivity index (χ0) is 40.1. The van der Waals surface area contributed by atoms with Crippen LogP contribution in [-0.4, -0.2) is 59.3 Å². The van der Waals surface area contributed by atoms with Crippen molar-refractivity contribution >= 4 is 35.3 Å². The molecule has 16 nitrogen and oxygen atoms in total. The molecule has 0 bridgehead atoms. The van der Waals surface area contributed by atoms with E-state index < -0.39 is 23.9 Å². The number of rotatable bonds is 7. The van der Waals surface area contributed by atoms with Gasteiger partial charge < -0.3 is 48.1 Å². The number of carboxylic acids is 4. The minimum absolute atomic E-state index is 0.349. The maximum Gasteiger partial charge on any atom is 0.300 e.